The summed E-state index contributed by atoms with van der Waals surface area (Å²) in [5.74, 6) is 0.550. The molecule has 0 aromatic heterocycles. The molecule has 0 fully saturated rings. The number of carbonyl (C=O) groups excluding carboxylic acids is 1. The van der Waals surface area contributed by atoms with Gasteiger partial charge in [-0.2, -0.15) is 24.3 Å². The van der Waals surface area contributed by atoms with E-state index in [1.165, 1.54) is 6.92 Å². The van der Waals surface area contributed by atoms with E-state index in [0.29, 0.717) is 11.4 Å². The van der Waals surface area contributed by atoms with Gasteiger partial charge in [0, 0.05) is 32.7 Å². The molecule has 0 aliphatic carbocycles. The van der Waals surface area contributed by atoms with Crippen molar-refractivity contribution in [3.8, 4) is 5.75 Å². The van der Waals surface area contributed by atoms with E-state index in [0.717, 1.165) is 11.1 Å². The van der Waals surface area contributed by atoms with Gasteiger partial charge in [0.05, 0.1) is 5.75 Å². The number of hydrogen-bond acceptors (Lipinski definition) is 3. The molecule has 0 N–H and O–H groups in total. The minimum Gasteiger partial charge on any atom is -0.488 e. The second-order valence-electron chi connectivity index (χ2n) is 5.52. The SMILES string of the molecule is CC(=O)C(Oc1cccc([C-]=Nc2[c-]cccc2)c1)c1ccccc1.[Y]. The Morgan fingerprint density at radius 2 is 1.81 bits per heavy atom. The van der Waals surface area contributed by atoms with E-state index >= 15 is 0 Å². The zero-order valence-electron chi connectivity index (χ0n) is 14.4. The fourth-order valence-electron chi connectivity index (χ4n) is 2.37. The monoisotopic (exact) mass is 416 g/mol. The normalized spacial score (nSPS) is 11.6. The van der Waals surface area contributed by atoms with Gasteiger partial charge < -0.3 is 9.73 Å². The predicted molar refractivity (Wildman–Crippen MR) is 98.4 cm³/mol. The number of hydrogen-bond donors (Lipinski definition) is 0. The molecular weight excluding hydrogens is 399 g/mol. The number of aliphatic imine (C=N–C) groups is 1. The first-order valence-electron chi connectivity index (χ1n) is 7.98. The first-order valence-corrected chi connectivity index (χ1v) is 7.98. The Kier molecular flexibility index (Phi) is 7.89. The molecule has 0 bridgehead atoms. The van der Waals surface area contributed by atoms with Gasteiger partial charge in [-0.3, -0.25) is 4.79 Å². The minimum atomic E-state index is -0.629. The first-order chi connectivity index (χ1) is 12.2. The van der Waals surface area contributed by atoms with Gasteiger partial charge in [-0.05, 0) is 24.8 Å². The van der Waals surface area contributed by atoms with Crippen LogP contribution >= 0.6 is 0 Å². The summed E-state index contributed by atoms with van der Waals surface area (Å²) >= 11 is 0. The molecule has 1 unspecified atom stereocenters. The number of rotatable bonds is 6. The van der Waals surface area contributed by atoms with Crippen molar-refractivity contribution in [3.63, 3.8) is 0 Å². The van der Waals surface area contributed by atoms with Gasteiger partial charge >= 0.3 is 0 Å². The second kappa shape index (κ2) is 10.1. The second-order valence-corrected chi connectivity index (χ2v) is 5.52. The molecule has 26 heavy (non-hydrogen) atoms. The molecule has 127 valence electrons. The molecule has 3 rings (SSSR count). The van der Waals surface area contributed by atoms with Gasteiger partial charge in [0.25, 0.3) is 0 Å². The molecule has 3 aromatic carbocycles. The van der Waals surface area contributed by atoms with Gasteiger partial charge in [0.2, 0.25) is 0 Å². The largest absolute Gasteiger partial charge is 0.488 e. The smallest absolute Gasteiger partial charge is 0.180 e. The minimum absolute atomic E-state index is 0. The maximum atomic E-state index is 12.0. The number of Topliss-reactive ketones (excluding diaryl/α,β-unsaturated/α-hetero) is 1. The molecule has 0 amide bonds. The molecule has 3 aromatic rings. The number of para-hydroxylation sites is 1. The quantitative estimate of drug-likeness (QED) is 0.427. The zero-order valence-corrected chi connectivity index (χ0v) is 17.3. The Morgan fingerprint density at radius 3 is 2.50 bits per heavy atom. The summed E-state index contributed by atoms with van der Waals surface area (Å²) in [6.45, 7) is 1.53. The van der Waals surface area contributed by atoms with Crippen molar-refractivity contribution < 1.29 is 42.2 Å². The number of nitrogens with zero attached hydrogens (tertiary/aromatic N) is 1. The number of ketones is 1. The molecule has 0 aliphatic rings. The molecule has 3 nitrogen and oxygen atoms in total. The number of carbonyl (C=O) groups is 1. The standard InChI is InChI=1S/C22H17NO2.Y/c1-17(24)22(19-10-4-2-5-11-19)25-21-14-8-9-18(15-21)16-23-20-12-6-3-7-13-20;/h2-12,14-15,22H,1H3;/q-2;. The van der Waals surface area contributed by atoms with Crippen molar-refractivity contribution in [1.29, 1.82) is 0 Å². The number of ether oxygens (including phenoxy) is 1. The third kappa shape index (κ3) is 5.72. The molecule has 0 saturated heterocycles. The van der Waals surface area contributed by atoms with Crippen molar-refractivity contribution in [2.45, 2.75) is 13.0 Å². The van der Waals surface area contributed by atoms with Gasteiger partial charge in [-0.25, -0.2) is 6.07 Å². The predicted octanol–water partition coefficient (Wildman–Crippen LogP) is 4.82. The van der Waals surface area contributed by atoms with E-state index in [-0.39, 0.29) is 38.5 Å². The Balaban J connectivity index is 0.00000243. The Bertz CT molecular complexity index is 864. The van der Waals surface area contributed by atoms with E-state index < -0.39 is 6.10 Å². The van der Waals surface area contributed by atoms with Crippen LogP contribution in [0.15, 0.2) is 83.9 Å². The first kappa shape index (κ1) is 20.2. The van der Waals surface area contributed by atoms with Crippen LogP contribution in [-0.4, -0.2) is 12.0 Å². The summed E-state index contributed by atoms with van der Waals surface area (Å²) in [4.78, 5) is 16.2. The Labute approximate surface area is 179 Å². The van der Waals surface area contributed by atoms with Gasteiger partial charge in [0.1, 0.15) is 0 Å². The molecule has 4 heteroatoms. The fourth-order valence-corrected chi connectivity index (χ4v) is 2.37. The summed E-state index contributed by atoms with van der Waals surface area (Å²) < 4.78 is 5.92. The van der Waals surface area contributed by atoms with Gasteiger partial charge in [0.15, 0.2) is 11.9 Å². The molecule has 1 radical (unpaired) electrons. The molecule has 0 spiro atoms. The van der Waals surface area contributed by atoms with E-state index in [1.54, 1.807) is 6.07 Å². The van der Waals surface area contributed by atoms with E-state index in [2.05, 4.69) is 17.3 Å². The maximum absolute atomic E-state index is 12.0. The van der Waals surface area contributed by atoms with Crippen molar-refractivity contribution in [3.05, 3.63) is 96.1 Å². The zero-order chi connectivity index (χ0) is 17.5. The van der Waals surface area contributed by atoms with Crippen molar-refractivity contribution in [1.82, 2.24) is 0 Å². The Hall–Kier alpha value is -2.10. The van der Waals surface area contributed by atoms with Crippen LogP contribution in [0.25, 0.3) is 0 Å². The summed E-state index contributed by atoms with van der Waals surface area (Å²) in [6.07, 6.45) is 2.34. The van der Waals surface area contributed by atoms with Crippen LogP contribution in [0.1, 0.15) is 24.2 Å². The van der Waals surface area contributed by atoms with Crippen molar-refractivity contribution in [2.24, 2.45) is 4.99 Å². The van der Waals surface area contributed by atoms with Gasteiger partial charge in [-0.15, -0.1) is 23.4 Å². The molecular formula is C22H17NO2Y-2. The molecule has 1 atom stereocenters. The average molecular weight is 416 g/mol. The summed E-state index contributed by atoms with van der Waals surface area (Å²) in [5, 5.41) is 0. The maximum Gasteiger partial charge on any atom is 0.180 e. The molecule has 0 heterocycles. The number of benzene rings is 3. The van der Waals surface area contributed by atoms with Crippen LogP contribution < -0.4 is 4.74 Å². The summed E-state index contributed by atoms with van der Waals surface area (Å²) in [5.41, 5.74) is 2.31. The van der Waals surface area contributed by atoms with Gasteiger partial charge in [-0.1, -0.05) is 36.4 Å². The molecule has 0 aliphatic heterocycles. The van der Waals surface area contributed by atoms with E-state index in [9.17, 15) is 4.79 Å². The van der Waals surface area contributed by atoms with Crippen LogP contribution in [0, 0.1) is 6.07 Å². The molecule has 0 saturated carbocycles. The van der Waals surface area contributed by atoms with E-state index in [1.807, 2.05) is 72.8 Å². The van der Waals surface area contributed by atoms with Crippen LogP contribution in [0.2, 0.25) is 0 Å². The van der Waals surface area contributed by atoms with Crippen LogP contribution in [0.3, 0.4) is 0 Å². The topological polar surface area (TPSA) is 38.7 Å². The summed E-state index contributed by atoms with van der Waals surface area (Å²) in [6, 6.07) is 27.3. The summed E-state index contributed by atoms with van der Waals surface area (Å²) in [7, 11) is 0. The van der Waals surface area contributed by atoms with Crippen molar-refractivity contribution >= 4 is 17.7 Å². The van der Waals surface area contributed by atoms with E-state index in [4.69, 9.17) is 4.74 Å². The van der Waals surface area contributed by atoms with Crippen LogP contribution in [-0.2, 0) is 37.5 Å². The fraction of sp³-hybridized carbons (Fsp3) is 0.0909. The van der Waals surface area contributed by atoms with Crippen LogP contribution in [0.4, 0.5) is 5.69 Å². The average Bonchev–Trinajstić information content (AvgIpc) is 2.66. The Morgan fingerprint density at radius 1 is 1.04 bits per heavy atom. The van der Waals surface area contributed by atoms with Crippen molar-refractivity contribution in [2.75, 3.05) is 0 Å². The third-order valence-electron chi connectivity index (χ3n) is 3.56. The van der Waals surface area contributed by atoms with Crippen LogP contribution in [0.5, 0.6) is 5.75 Å². The third-order valence-corrected chi connectivity index (χ3v) is 3.56.